The summed E-state index contributed by atoms with van der Waals surface area (Å²) in [6.07, 6.45) is 1.49. The number of hydrogen-bond acceptors (Lipinski definition) is 4. The van der Waals surface area contributed by atoms with Crippen molar-refractivity contribution in [2.75, 3.05) is 6.61 Å². The van der Waals surface area contributed by atoms with E-state index in [9.17, 15) is 9.90 Å². The third kappa shape index (κ3) is 4.95. The maximum absolute atomic E-state index is 11.8. The van der Waals surface area contributed by atoms with Crippen LogP contribution in [0.3, 0.4) is 0 Å². The number of hydrazone groups is 1. The van der Waals surface area contributed by atoms with E-state index in [2.05, 4.69) is 10.5 Å². The fourth-order valence-corrected chi connectivity index (χ4v) is 2.29. The number of phenols is 1. The lowest BCUT2D eigenvalue weighted by Crippen LogP contribution is -2.24. The Bertz CT molecular complexity index is 873. The molecule has 0 heterocycles. The van der Waals surface area contributed by atoms with Gasteiger partial charge in [-0.2, -0.15) is 5.10 Å². The number of carbonyl (C=O) groups excluding carboxylic acids is 1. The minimum atomic E-state index is -0.354. The quantitative estimate of drug-likeness (QED) is 0.529. The summed E-state index contributed by atoms with van der Waals surface area (Å²) < 4.78 is 5.46. The normalized spacial score (nSPS) is 10.6. The van der Waals surface area contributed by atoms with E-state index in [1.54, 1.807) is 24.3 Å². The summed E-state index contributed by atoms with van der Waals surface area (Å²) >= 11 is 0. The topological polar surface area (TPSA) is 70.9 Å². The summed E-state index contributed by atoms with van der Waals surface area (Å²) in [6, 6.07) is 24.1. The molecule has 0 aliphatic carbocycles. The Labute approximate surface area is 151 Å². The second-order valence-corrected chi connectivity index (χ2v) is 5.56. The number of amides is 1. The molecule has 0 radical (unpaired) electrons. The number of rotatable bonds is 6. The van der Waals surface area contributed by atoms with Crippen LogP contribution in [0.25, 0.3) is 11.1 Å². The van der Waals surface area contributed by atoms with Crippen molar-refractivity contribution in [3.63, 3.8) is 0 Å². The van der Waals surface area contributed by atoms with Crippen molar-refractivity contribution in [2.24, 2.45) is 5.10 Å². The molecule has 0 fully saturated rings. The minimum absolute atomic E-state index is 0.127. The molecule has 0 aliphatic heterocycles. The number of nitrogens with zero attached hydrogens (tertiary/aromatic N) is 1. The van der Waals surface area contributed by atoms with Gasteiger partial charge in [-0.15, -0.1) is 0 Å². The molecule has 0 aromatic heterocycles. The number of nitrogens with one attached hydrogen (secondary N) is 1. The molecular weight excluding hydrogens is 328 g/mol. The van der Waals surface area contributed by atoms with Gasteiger partial charge < -0.3 is 9.84 Å². The average Bonchev–Trinajstić information content (AvgIpc) is 2.69. The number of benzene rings is 3. The van der Waals surface area contributed by atoms with E-state index >= 15 is 0 Å². The molecule has 0 bridgehead atoms. The van der Waals surface area contributed by atoms with Crippen molar-refractivity contribution in [2.45, 2.75) is 0 Å². The van der Waals surface area contributed by atoms with Gasteiger partial charge in [0.2, 0.25) is 0 Å². The number of carbonyl (C=O) groups is 1. The zero-order valence-electron chi connectivity index (χ0n) is 14.0. The lowest BCUT2D eigenvalue weighted by atomic mass is 10.1. The van der Waals surface area contributed by atoms with Crippen molar-refractivity contribution in [1.82, 2.24) is 5.43 Å². The molecule has 26 heavy (non-hydrogen) atoms. The van der Waals surface area contributed by atoms with Crippen molar-refractivity contribution >= 4 is 12.1 Å². The van der Waals surface area contributed by atoms with Crippen molar-refractivity contribution in [1.29, 1.82) is 0 Å². The molecule has 5 nitrogen and oxygen atoms in total. The molecule has 1 amide bonds. The summed E-state index contributed by atoms with van der Waals surface area (Å²) in [5, 5.41) is 13.1. The van der Waals surface area contributed by atoms with E-state index in [1.807, 2.05) is 54.6 Å². The van der Waals surface area contributed by atoms with Crippen LogP contribution in [0.5, 0.6) is 11.5 Å². The highest BCUT2D eigenvalue weighted by molar-refractivity contribution is 5.83. The van der Waals surface area contributed by atoms with Crippen LogP contribution in [0.15, 0.2) is 84.0 Å². The molecule has 3 aromatic rings. The second kappa shape index (κ2) is 8.48. The van der Waals surface area contributed by atoms with Crippen LogP contribution in [-0.2, 0) is 4.79 Å². The maximum Gasteiger partial charge on any atom is 0.277 e. The molecule has 0 unspecified atom stereocenters. The van der Waals surface area contributed by atoms with Crippen LogP contribution in [0.1, 0.15) is 5.56 Å². The first kappa shape index (κ1) is 17.2. The lowest BCUT2D eigenvalue weighted by molar-refractivity contribution is -0.123. The van der Waals surface area contributed by atoms with E-state index in [4.69, 9.17) is 4.74 Å². The van der Waals surface area contributed by atoms with Crippen LogP contribution in [0, 0.1) is 0 Å². The average molecular weight is 346 g/mol. The summed E-state index contributed by atoms with van der Waals surface area (Å²) in [5.41, 5.74) is 5.37. The Hall–Kier alpha value is -3.60. The second-order valence-electron chi connectivity index (χ2n) is 5.56. The summed E-state index contributed by atoms with van der Waals surface area (Å²) in [7, 11) is 0. The molecule has 0 atom stereocenters. The summed E-state index contributed by atoms with van der Waals surface area (Å²) in [5.74, 6) is 0.437. The van der Waals surface area contributed by atoms with Gasteiger partial charge >= 0.3 is 0 Å². The molecule has 2 N–H and O–H groups in total. The fourth-order valence-electron chi connectivity index (χ4n) is 2.29. The molecule has 0 spiro atoms. The molecule has 0 saturated heterocycles. The molecule has 3 rings (SSSR count). The van der Waals surface area contributed by atoms with Gasteiger partial charge in [-0.25, -0.2) is 5.43 Å². The van der Waals surface area contributed by atoms with Crippen LogP contribution in [-0.4, -0.2) is 23.8 Å². The Morgan fingerprint density at radius 1 is 0.923 bits per heavy atom. The monoisotopic (exact) mass is 346 g/mol. The molecule has 0 saturated carbocycles. The highest BCUT2D eigenvalue weighted by Crippen LogP contribution is 2.21. The van der Waals surface area contributed by atoms with Crippen LogP contribution in [0.2, 0.25) is 0 Å². The van der Waals surface area contributed by atoms with E-state index < -0.39 is 0 Å². The van der Waals surface area contributed by atoms with Gasteiger partial charge in [-0.3, -0.25) is 4.79 Å². The van der Waals surface area contributed by atoms with Gasteiger partial charge in [0.15, 0.2) is 6.61 Å². The van der Waals surface area contributed by atoms with Crippen LogP contribution < -0.4 is 10.2 Å². The maximum atomic E-state index is 11.8. The van der Waals surface area contributed by atoms with Crippen molar-refractivity contribution in [3.05, 3.63) is 84.4 Å². The predicted octanol–water partition coefficient (Wildman–Crippen LogP) is 3.59. The number of ether oxygens (including phenoxy) is 1. The van der Waals surface area contributed by atoms with E-state index in [0.29, 0.717) is 5.75 Å². The SMILES string of the molecule is O=C(COc1ccc(-c2ccccc2)cc1)N/N=C/c1ccc(O)cc1. The lowest BCUT2D eigenvalue weighted by Gasteiger charge is -2.06. The molecule has 0 aliphatic rings. The van der Waals surface area contributed by atoms with E-state index in [1.165, 1.54) is 6.21 Å². The summed E-state index contributed by atoms with van der Waals surface area (Å²) in [4.78, 5) is 11.8. The Morgan fingerprint density at radius 3 is 2.27 bits per heavy atom. The van der Waals surface area contributed by atoms with Gasteiger partial charge in [0.1, 0.15) is 11.5 Å². The first-order valence-electron chi connectivity index (χ1n) is 8.10. The van der Waals surface area contributed by atoms with Gasteiger partial charge in [0.25, 0.3) is 5.91 Å². The largest absolute Gasteiger partial charge is 0.508 e. The Morgan fingerprint density at radius 2 is 1.58 bits per heavy atom. The van der Waals surface area contributed by atoms with Crippen LogP contribution in [0.4, 0.5) is 0 Å². The van der Waals surface area contributed by atoms with E-state index in [0.717, 1.165) is 16.7 Å². The predicted molar refractivity (Wildman–Crippen MR) is 101 cm³/mol. The van der Waals surface area contributed by atoms with E-state index in [-0.39, 0.29) is 18.3 Å². The van der Waals surface area contributed by atoms with Gasteiger partial charge in [-0.1, -0.05) is 42.5 Å². The zero-order chi connectivity index (χ0) is 18.2. The molecular formula is C21H18N2O3. The molecule has 5 heteroatoms. The van der Waals surface area contributed by atoms with Crippen molar-refractivity contribution < 1.29 is 14.6 Å². The molecule has 3 aromatic carbocycles. The zero-order valence-corrected chi connectivity index (χ0v) is 14.0. The third-order valence-electron chi connectivity index (χ3n) is 3.63. The smallest absolute Gasteiger partial charge is 0.277 e. The van der Waals surface area contributed by atoms with Gasteiger partial charge in [-0.05, 0) is 53.1 Å². The Balaban J connectivity index is 1.47. The minimum Gasteiger partial charge on any atom is -0.508 e. The van der Waals surface area contributed by atoms with Gasteiger partial charge in [0, 0.05) is 0 Å². The third-order valence-corrected chi connectivity index (χ3v) is 3.63. The number of hydrogen-bond donors (Lipinski definition) is 2. The Kier molecular flexibility index (Phi) is 5.62. The van der Waals surface area contributed by atoms with Crippen molar-refractivity contribution in [3.8, 4) is 22.6 Å². The first-order chi connectivity index (χ1) is 12.7. The highest BCUT2D eigenvalue weighted by Gasteiger charge is 2.02. The summed E-state index contributed by atoms with van der Waals surface area (Å²) in [6.45, 7) is -0.127. The standard InChI is InChI=1S/C21H18N2O3/c24-19-10-6-16(7-11-19)14-22-23-21(25)15-26-20-12-8-18(9-13-20)17-4-2-1-3-5-17/h1-14,24H,15H2,(H,23,25)/b22-14+. The number of phenolic OH excluding ortho intramolecular Hbond substituents is 1. The highest BCUT2D eigenvalue weighted by atomic mass is 16.5. The molecule has 130 valence electrons. The number of aromatic hydroxyl groups is 1. The fraction of sp³-hybridized carbons (Fsp3) is 0.0476. The first-order valence-corrected chi connectivity index (χ1v) is 8.10. The van der Waals surface area contributed by atoms with Gasteiger partial charge in [0.05, 0.1) is 6.21 Å². The van der Waals surface area contributed by atoms with Crippen LogP contribution >= 0.6 is 0 Å².